The fourth-order valence-electron chi connectivity index (χ4n) is 1.01. The molecule has 7 nitrogen and oxygen atoms in total. The second kappa shape index (κ2) is 6.04. The van der Waals surface area contributed by atoms with E-state index in [4.69, 9.17) is 9.84 Å². The van der Waals surface area contributed by atoms with E-state index in [9.17, 15) is 14.9 Å². The first-order valence-corrected chi connectivity index (χ1v) is 5.57. The lowest BCUT2D eigenvalue weighted by Crippen LogP contribution is -1.99. The molecule has 1 aromatic rings. The molecule has 1 rings (SSSR count). The van der Waals surface area contributed by atoms with Crippen LogP contribution in [0.1, 0.15) is 6.42 Å². The minimum absolute atomic E-state index is 0.0826. The lowest BCUT2D eigenvalue weighted by molar-refractivity contribution is -0.388. The Bertz CT molecular complexity index is 437. The van der Waals surface area contributed by atoms with Crippen molar-refractivity contribution in [2.75, 3.05) is 12.9 Å². The van der Waals surface area contributed by atoms with Gasteiger partial charge in [-0.05, 0) is 0 Å². The second-order valence-electron chi connectivity index (χ2n) is 2.93. The molecular weight excluding hydrogens is 248 g/mol. The first-order valence-electron chi connectivity index (χ1n) is 4.58. The molecule has 0 radical (unpaired) electrons. The summed E-state index contributed by atoms with van der Waals surface area (Å²) < 4.78 is 4.85. The molecule has 0 spiro atoms. The van der Waals surface area contributed by atoms with Gasteiger partial charge in [0.2, 0.25) is 5.88 Å². The third-order valence-corrected chi connectivity index (χ3v) is 2.76. The van der Waals surface area contributed by atoms with Crippen molar-refractivity contribution >= 4 is 23.4 Å². The van der Waals surface area contributed by atoms with Crippen molar-refractivity contribution in [1.29, 1.82) is 0 Å². The van der Waals surface area contributed by atoms with Gasteiger partial charge in [-0.1, -0.05) is 11.8 Å². The van der Waals surface area contributed by atoms with Gasteiger partial charge in [0.15, 0.2) is 5.03 Å². The number of nitro groups is 1. The molecule has 0 saturated carbocycles. The van der Waals surface area contributed by atoms with E-state index in [0.29, 0.717) is 0 Å². The average Bonchev–Trinajstić information content (AvgIpc) is 2.28. The molecule has 1 aromatic heterocycles. The molecule has 0 saturated heterocycles. The highest BCUT2D eigenvalue weighted by Gasteiger charge is 2.17. The maximum atomic E-state index is 10.7. The smallest absolute Gasteiger partial charge is 0.304 e. The molecule has 0 aliphatic heterocycles. The van der Waals surface area contributed by atoms with Gasteiger partial charge in [-0.3, -0.25) is 14.9 Å². The van der Waals surface area contributed by atoms with Gasteiger partial charge in [-0.25, -0.2) is 0 Å². The summed E-state index contributed by atoms with van der Waals surface area (Å²) in [6.45, 7) is 0. The highest BCUT2D eigenvalue weighted by Crippen LogP contribution is 2.29. The fraction of sp³-hybridized carbons (Fsp3) is 0.333. The van der Waals surface area contributed by atoms with E-state index >= 15 is 0 Å². The number of hydrogen-bond acceptors (Lipinski definition) is 6. The summed E-state index contributed by atoms with van der Waals surface area (Å²) in [5.74, 6) is -0.479. The summed E-state index contributed by atoms with van der Waals surface area (Å²) >= 11 is 1.02. The predicted molar refractivity (Wildman–Crippen MR) is 60.4 cm³/mol. The molecular formula is C9H10N2O5S. The molecule has 1 N–H and O–H groups in total. The molecule has 0 aliphatic rings. The van der Waals surface area contributed by atoms with Gasteiger partial charge in [0, 0.05) is 17.9 Å². The van der Waals surface area contributed by atoms with Gasteiger partial charge < -0.3 is 9.84 Å². The van der Waals surface area contributed by atoms with Gasteiger partial charge in [0.05, 0.1) is 18.5 Å². The minimum Gasteiger partial charge on any atom is -0.481 e. The second-order valence-corrected chi connectivity index (χ2v) is 4.01. The van der Waals surface area contributed by atoms with Gasteiger partial charge in [-0.2, -0.15) is 4.98 Å². The number of hydrogen-bond donors (Lipinski definition) is 1. The fourth-order valence-corrected chi connectivity index (χ4v) is 1.93. The predicted octanol–water partition coefficient (Wildman–Crippen LogP) is 1.57. The number of nitrogens with zero attached hydrogens (tertiary/aromatic N) is 2. The Hall–Kier alpha value is -1.83. The lowest BCUT2D eigenvalue weighted by Gasteiger charge is -2.03. The van der Waals surface area contributed by atoms with Crippen molar-refractivity contribution in [2.45, 2.75) is 11.4 Å². The maximum absolute atomic E-state index is 10.7. The van der Waals surface area contributed by atoms with Crippen LogP contribution in [0, 0.1) is 10.1 Å². The van der Waals surface area contributed by atoms with Crippen LogP contribution in [0.25, 0.3) is 0 Å². The van der Waals surface area contributed by atoms with Crippen LogP contribution >= 0.6 is 11.8 Å². The van der Waals surface area contributed by atoms with Crippen molar-refractivity contribution < 1.29 is 19.6 Å². The first-order chi connectivity index (χ1) is 8.04. The van der Waals surface area contributed by atoms with Crippen molar-refractivity contribution in [3.63, 3.8) is 0 Å². The summed E-state index contributed by atoms with van der Waals surface area (Å²) in [6, 6.07) is 2.67. The van der Waals surface area contributed by atoms with Crippen LogP contribution in [0.3, 0.4) is 0 Å². The van der Waals surface area contributed by atoms with E-state index in [2.05, 4.69) is 4.98 Å². The number of carboxylic acid groups (broad SMARTS) is 1. The topological polar surface area (TPSA) is 103 Å². The quantitative estimate of drug-likeness (QED) is 0.469. The third kappa shape index (κ3) is 3.91. The van der Waals surface area contributed by atoms with Crippen LogP contribution in [-0.2, 0) is 4.79 Å². The zero-order valence-electron chi connectivity index (χ0n) is 8.95. The molecule has 0 aromatic carbocycles. The zero-order valence-corrected chi connectivity index (χ0v) is 9.77. The number of aliphatic carboxylic acids is 1. The Kier molecular flexibility index (Phi) is 4.70. The molecule has 0 bridgehead atoms. The number of thioether (sulfide) groups is 1. The van der Waals surface area contributed by atoms with Gasteiger partial charge in [0.1, 0.15) is 0 Å². The molecule has 1 heterocycles. The van der Waals surface area contributed by atoms with Crippen LogP contribution in [0.4, 0.5) is 5.69 Å². The number of pyridine rings is 1. The summed E-state index contributed by atoms with van der Waals surface area (Å²) in [6.07, 6.45) is -0.0826. The minimum atomic E-state index is -0.956. The molecule has 0 fully saturated rings. The van der Waals surface area contributed by atoms with E-state index in [-0.39, 0.29) is 28.8 Å². The molecule has 0 aliphatic carbocycles. The van der Waals surface area contributed by atoms with Crippen LogP contribution in [0.5, 0.6) is 5.88 Å². The Morgan fingerprint density at radius 2 is 2.35 bits per heavy atom. The number of aromatic nitrogens is 1. The number of ether oxygens (including phenoxy) is 1. The van der Waals surface area contributed by atoms with Crippen LogP contribution in [0.15, 0.2) is 17.2 Å². The van der Waals surface area contributed by atoms with Crippen LogP contribution < -0.4 is 4.74 Å². The van der Waals surface area contributed by atoms with Crippen LogP contribution in [0.2, 0.25) is 0 Å². The Labute approximate surface area is 101 Å². The standard InChI is InChI=1S/C9H10N2O5S/c1-16-7-3-2-6(11(14)15)9(10-7)17-5-4-8(12)13/h2-3H,4-5H2,1H3,(H,12,13). The highest BCUT2D eigenvalue weighted by molar-refractivity contribution is 7.99. The molecule has 8 heteroatoms. The van der Waals surface area contributed by atoms with Gasteiger partial charge in [-0.15, -0.1) is 0 Å². The van der Waals surface area contributed by atoms with E-state index in [1.807, 2.05) is 0 Å². The first kappa shape index (κ1) is 13.2. The Morgan fingerprint density at radius 3 is 2.88 bits per heavy atom. The van der Waals surface area contributed by atoms with Crippen molar-refractivity contribution in [3.05, 3.63) is 22.2 Å². The van der Waals surface area contributed by atoms with Crippen molar-refractivity contribution in [3.8, 4) is 5.88 Å². The number of rotatable bonds is 6. The summed E-state index contributed by atoms with van der Waals surface area (Å²) in [4.78, 5) is 24.4. The molecule has 0 unspecified atom stereocenters. The number of carboxylic acids is 1. The summed E-state index contributed by atoms with van der Waals surface area (Å²) in [5.41, 5.74) is -0.152. The van der Waals surface area contributed by atoms with Gasteiger partial charge >= 0.3 is 11.7 Å². The summed E-state index contributed by atoms with van der Waals surface area (Å²) in [5, 5.41) is 19.4. The highest BCUT2D eigenvalue weighted by atomic mass is 32.2. The van der Waals surface area contributed by atoms with Gasteiger partial charge in [0.25, 0.3) is 0 Å². The molecule has 0 amide bonds. The summed E-state index contributed by atoms with van der Waals surface area (Å²) in [7, 11) is 1.40. The molecule has 92 valence electrons. The Morgan fingerprint density at radius 1 is 1.65 bits per heavy atom. The van der Waals surface area contributed by atoms with E-state index in [1.165, 1.54) is 19.2 Å². The maximum Gasteiger partial charge on any atom is 0.304 e. The number of methoxy groups -OCH3 is 1. The average molecular weight is 258 g/mol. The Balaban J connectivity index is 2.85. The SMILES string of the molecule is COc1ccc([N+](=O)[O-])c(SCCC(=O)O)n1. The normalized spacial score (nSPS) is 9.94. The van der Waals surface area contributed by atoms with E-state index in [1.54, 1.807) is 0 Å². The molecule has 0 atom stereocenters. The van der Waals surface area contributed by atoms with Crippen molar-refractivity contribution in [1.82, 2.24) is 4.98 Å². The van der Waals surface area contributed by atoms with Crippen molar-refractivity contribution in [2.24, 2.45) is 0 Å². The number of carbonyl (C=O) groups is 1. The lowest BCUT2D eigenvalue weighted by atomic mass is 10.4. The molecule has 17 heavy (non-hydrogen) atoms. The largest absolute Gasteiger partial charge is 0.481 e. The monoisotopic (exact) mass is 258 g/mol. The van der Waals surface area contributed by atoms with E-state index in [0.717, 1.165) is 11.8 Å². The van der Waals surface area contributed by atoms with E-state index < -0.39 is 10.9 Å². The zero-order chi connectivity index (χ0) is 12.8. The third-order valence-electron chi connectivity index (χ3n) is 1.78. The van der Waals surface area contributed by atoms with Crippen LogP contribution in [-0.4, -0.2) is 33.8 Å².